The average molecular weight is 274 g/mol. The van der Waals surface area contributed by atoms with Crippen LogP contribution in [0.1, 0.15) is 50.6 Å². The molecule has 20 heavy (non-hydrogen) atoms. The molecule has 3 rings (SSSR count). The first kappa shape index (κ1) is 13.9. The smallest absolute Gasteiger partial charge is 0.217 e. The Morgan fingerprint density at radius 3 is 2.95 bits per heavy atom. The molecule has 110 valence electrons. The highest BCUT2D eigenvalue weighted by molar-refractivity contribution is 5.29. The fourth-order valence-electron chi connectivity index (χ4n) is 4.37. The van der Waals surface area contributed by atoms with Gasteiger partial charge in [-0.1, -0.05) is 19.4 Å². The molecule has 2 bridgehead atoms. The molecular formula is C17H26N2O. The van der Waals surface area contributed by atoms with Crippen molar-refractivity contribution in [1.29, 1.82) is 0 Å². The van der Waals surface area contributed by atoms with Gasteiger partial charge in [0, 0.05) is 17.8 Å². The molecule has 2 saturated carbocycles. The summed E-state index contributed by atoms with van der Waals surface area (Å²) in [6.45, 7) is 3.17. The Hall–Kier alpha value is -1.09. The molecule has 1 aromatic heterocycles. The molecule has 3 heteroatoms. The fraction of sp³-hybridized carbons (Fsp3) is 0.706. The van der Waals surface area contributed by atoms with Crippen LogP contribution < -0.4 is 10.1 Å². The molecule has 0 aromatic carbocycles. The minimum Gasteiger partial charge on any atom is -0.481 e. The minimum absolute atomic E-state index is 0.382. The van der Waals surface area contributed by atoms with Crippen molar-refractivity contribution in [2.75, 3.05) is 13.7 Å². The van der Waals surface area contributed by atoms with E-state index in [9.17, 15) is 0 Å². The molecule has 2 aliphatic rings. The van der Waals surface area contributed by atoms with E-state index >= 15 is 0 Å². The summed E-state index contributed by atoms with van der Waals surface area (Å²) in [5, 5.41) is 3.64. The quantitative estimate of drug-likeness (QED) is 0.861. The van der Waals surface area contributed by atoms with E-state index in [1.807, 2.05) is 12.3 Å². The summed E-state index contributed by atoms with van der Waals surface area (Å²) in [7, 11) is 1.71. The highest BCUT2D eigenvalue weighted by atomic mass is 16.5. The lowest BCUT2D eigenvalue weighted by Gasteiger charge is -2.28. The van der Waals surface area contributed by atoms with Gasteiger partial charge >= 0.3 is 0 Å². The van der Waals surface area contributed by atoms with E-state index < -0.39 is 0 Å². The summed E-state index contributed by atoms with van der Waals surface area (Å²) in [5.74, 6) is 3.66. The van der Waals surface area contributed by atoms with Gasteiger partial charge < -0.3 is 10.1 Å². The maximum absolute atomic E-state index is 5.45. The Labute approximate surface area is 122 Å². The van der Waals surface area contributed by atoms with Crippen molar-refractivity contribution in [2.24, 2.45) is 17.8 Å². The number of rotatable bonds is 6. The van der Waals surface area contributed by atoms with Gasteiger partial charge in [0.25, 0.3) is 0 Å². The van der Waals surface area contributed by atoms with E-state index in [1.54, 1.807) is 7.11 Å². The number of fused-ring (bicyclic) bond motifs is 2. The van der Waals surface area contributed by atoms with Gasteiger partial charge in [-0.3, -0.25) is 0 Å². The molecule has 0 saturated heterocycles. The van der Waals surface area contributed by atoms with Gasteiger partial charge in [-0.25, -0.2) is 4.98 Å². The number of methoxy groups -OCH3 is 1. The topological polar surface area (TPSA) is 34.2 Å². The SMILES string of the molecule is CCNC(CC1CC2CCC1C2)c1cccnc1OC. The van der Waals surface area contributed by atoms with Gasteiger partial charge in [0.2, 0.25) is 5.88 Å². The van der Waals surface area contributed by atoms with Crippen molar-refractivity contribution in [1.82, 2.24) is 10.3 Å². The van der Waals surface area contributed by atoms with Crippen molar-refractivity contribution < 1.29 is 4.74 Å². The summed E-state index contributed by atoms with van der Waals surface area (Å²) in [6, 6.07) is 4.56. The van der Waals surface area contributed by atoms with Gasteiger partial charge in [0.1, 0.15) is 0 Å². The standard InChI is InChI=1S/C17H26N2O/c1-3-18-16(15-5-4-8-19-17(15)20-2)11-14-10-12-6-7-13(14)9-12/h4-5,8,12-14,16,18H,3,6-7,9-11H2,1-2H3. The molecule has 1 heterocycles. The van der Waals surface area contributed by atoms with Crippen molar-refractivity contribution in [2.45, 2.75) is 45.1 Å². The van der Waals surface area contributed by atoms with E-state index in [0.29, 0.717) is 6.04 Å². The van der Waals surface area contributed by atoms with Gasteiger partial charge in [-0.05, 0) is 56.0 Å². The second kappa shape index (κ2) is 6.13. The number of hydrogen-bond acceptors (Lipinski definition) is 3. The maximum Gasteiger partial charge on any atom is 0.217 e. The minimum atomic E-state index is 0.382. The van der Waals surface area contributed by atoms with E-state index in [4.69, 9.17) is 4.74 Å². The molecule has 1 N–H and O–H groups in total. The maximum atomic E-state index is 5.45. The molecule has 2 fully saturated rings. The van der Waals surface area contributed by atoms with Crippen LogP contribution in [-0.4, -0.2) is 18.6 Å². The lowest BCUT2D eigenvalue weighted by molar-refractivity contribution is 0.276. The van der Waals surface area contributed by atoms with Crippen molar-refractivity contribution in [3.63, 3.8) is 0 Å². The van der Waals surface area contributed by atoms with Gasteiger partial charge in [0.15, 0.2) is 0 Å². The summed E-state index contributed by atoms with van der Waals surface area (Å²) in [6.07, 6.45) is 8.89. The van der Waals surface area contributed by atoms with Crippen LogP contribution in [0.4, 0.5) is 0 Å². The van der Waals surface area contributed by atoms with Crippen molar-refractivity contribution in [3.05, 3.63) is 23.9 Å². The lowest BCUT2D eigenvalue weighted by atomic mass is 9.83. The number of pyridine rings is 1. The van der Waals surface area contributed by atoms with E-state index in [1.165, 1.54) is 37.7 Å². The number of ether oxygens (including phenoxy) is 1. The van der Waals surface area contributed by atoms with Crippen molar-refractivity contribution >= 4 is 0 Å². The normalized spacial score (nSPS) is 29.6. The zero-order valence-corrected chi connectivity index (χ0v) is 12.6. The van der Waals surface area contributed by atoms with Crippen LogP contribution in [0.15, 0.2) is 18.3 Å². The third kappa shape index (κ3) is 2.69. The largest absolute Gasteiger partial charge is 0.481 e. The molecular weight excluding hydrogens is 248 g/mol. The predicted octanol–water partition coefficient (Wildman–Crippen LogP) is 3.57. The summed E-state index contributed by atoms with van der Waals surface area (Å²) >= 11 is 0. The van der Waals surface area contributed by atoms with Crippen molar-refractivity contribution in [3.8, 4) is 5.88 Å². The average Bonchev–Trinajstić information content (AvgIpc) is 3.09. The number of nitrogens with one attached hydrogen (secondary N) is 1. The number of hydrogen-bond donors (Lipinski definition) is 1. The van der Waals surface area contributed by atoms with Crippen LogP contribution in [-0.2, 0) is 0 Å². The lowest BCUT2D eigenvalue weighted by Crippen LogP contribution is -2.26. The number of nitrogens with zero attached hydrogens (tertiary/aromatic N) is 1. The predicted molar refractivity (Wildman–Crippen MR) is 80.8 cm³/mol. The highest BCUT2D eigenvalue weighted by Crippen LogP contribution is 2.51. The summed E-state index contributed by atoms with van der Waals surface area (Å²) < 4.78 is 5.45. The second-order valence-corrected chi connectivity index (χ2v) is 6.38. The van der Waals surface area contributed by atoms with Gasteiger partial charge in [-0.2, -0.15) is 0 Å². The molecule has 0 spiro atoms. The first-order chi connectivity index (χ1) is 9.81. The Morgan fingerprint density at radius 1 is 1.40 bits per heavy atom. The third-order valence-electron chi connectivity index (χ3n) is 5.24. The van der Waals surface area contributed by atoms with Crippen LogP contribution >= 0.6 is 0 Å². The Bertz CT molecular complexity index is 448. The molecule has 2 aliphatic carbocycles. The second-order valence-electron chi connectivity index (χ2n) is 6.38. The first-order valence-electron chi connectivity index (χ1n) is 8.04. The molecule has 0 aliphatic heterocycles. The molecule has 3 nitrogen and oxygen atoms in total. The van der Waals surface area contributed by atoms with E-state index in [-0.39, 0.29) is 0 Å². The molecule has 0 amide bonds. The third-order valence-corrected chi connectivity index (χ3v) is 5.24. The van der Waals surface area contributed by atoms with E-state index in [0.717, 1.165) is 30.2 Å². The summed E-state index contributed by atoms with van der Waals surface area (Å²) in [4.78, 5) is 4.36. The zero-order valence-electron chi connectivity index (χ0n) is 12.6. The molecule has 4 atom stereocenters. The monoisotopic (exact) mass is 274 g/mol. The van der Waals surface area contributed by atoms with Gasteiger partial charge in [0.05, 0.1) is 7.11 Å². The molecule has 4 unspecified atom stereocenters. The van der Waals surface area contributed by atoms with Crippen LogP contribution in [0, 0.1) is 17.8 Å². The Kier molecular flexibility index (Phi) is 4.25. The molecule has 1 aromatic rings. The van der Waals surface area contributed by atoms with Crippen LogP contribution in [0.3, 0.4) is 0 Å². The molecule has 0 radical (unpaired) electrons. The van der Waals surface area contributed by atoms with Gasteiger partial charge in [-0.15, -0.1) is 0 Å². The fourth-order valence-corrected chi connectivity index (χ4v) is 4.37. The van der Waals surface area contributed by atoms with Crippen LogP contribution in [0.5, 0.6) is 5.88 Å². The zero-order chi connectivity index (χ0) is 13.9. The van der Waals surface area contributed by atoms with Crippen LogP contribution in [0.25, 0.3) is 0 Å². The Morgan fingerprint density at radius 2 is 2.30 bits per heavy atom. The first-order valence-corrected chi connectivity index (χ1v) is 8.04. The number of aromatic nitrogens is 1. The van der Waals surface area contributed by atoms with E-state index in [2.05, 4.69) is 23.3 Å². The highest BCUT2D eigenvalue weighted by Gasteiger charge is 2.40. The Balaban J connectivity index is 1.75. The summed E-state index contributed by atoms with van der Waals surface area (Å²) in [5.41, 5.74) is 1.22. The van der Waals surface area contributed by atoms with Crippen LogP contribution in [0.2, 0.25) is 0 Å².